The van der Waals surface area contributed by atoms with E-state index in [9.17, 15) is 0 Å². The molecule has 1 unspecified atom stereocenters. The second-order valence-corrected chi connectivity index (χ2v) is 5.51. The summed E-state index contributed by atoms with van der Waals surface area (Å²) in [5.74, 6) is 0. The van der Waals surface area contributed by atoms with Crippen LogP contribution in [0, 0.1) is 0 Å². The van der Waals surface area contributed by atoms with E-state index in [1.54, 1.807) is 0 Å². The molecule has 98 valence electrons. The van der Waals surface area contributed by atoms with Crippen molar-refractivity contribution >= 4 is 22.9 Å². The van der Waals surface area contributed by atoms with Gasteiger partial charge in [0.2, 0.25) is 5.12 Å². The Balaban J connectivity index is 4.24. The predicted octanol–water partition coefficient (Wildman–Crippen LogP) is 1.54. The summed E-state index contributed by atoms with van der Waals surface area (Å²) in [6.07, 6.45) is 2.92. The van der Waals surface area contributed by atoms with Gasteiger partial charge in [0.25, 0.3) is 0 Å². The minimum atomic E-state index is -0.854. The molecule has 0 aliphatic carbocycles. The number of hydrogen-bond acceptors (Lipinski definition) is 4. The topological polar surface area (TPSA) is 27.7 Å². The van der Waals surface area contributed by atoms with Crippen LogP contribution in [-0.4, -0.2) is 40.9 Å². The lowest BCUT2D eigenvalue weighted by molar-refractivity contribution is -0.211. The first-order valence-corrected chi connectivity index (χ1v) is 7.82. The van der Waals surface area contributed by atoms with Crippen molar-refractivity contribution in [3.05, 3.63) is 0 Å². The molecule has 0 aliphatic heterocycles. The zero-order valence-electron chi connectivity index (χ0n) is 11.0. The molecule has 5 heteroatoms. The van der Waals surface area contributed by atoms with E-state index < -0.39 is 5.12 Å². The SMILES string of the molecule is CCCOC([SiH3])C(S)(OCCC)OCCC. The summed E-state index contributed by atoms with van der Waals surface area (Å²) in [5, 5.41) is -0.854. The van der Waals surface area contributed by atoms with Gasteiger partial charge in [0.15, 0.2) is 0 Å². The van der Waals surface area contributed by atoms with E-state index in [2.05, 4.69) is 33.4 Å². The summed E-state index contributed by atoms with van der Waals surface area (Å²) in [6, 6.07) is 0. The molecular weight excluding hydrogens is 240 g/mol. The Morgan fingerprint density at radius 1 is 1.00 bits per heavy atom. The van der Waals surface area contributed by atoms with Crippen molar-refractivity contribution in [2.45, 2.75) is 50.9 Å². The first-order valence-electron chi connectivity index (χ1n) is 6.22. The van der Waals surface area contributed by atoms with Crippen molar-refractivity contribution in [3.8, 4) is 0 Å². The third-order valence-corrected chi connectivity index (χ3v) is 4.31. The van der Waals surface area contributed by atoms with Crippen LogP contribution in [0.1, 0.15) is 40.0 Å². The van der Waals surface area contributed by atoms with Crippen molar-refractivity contribution in [2.24, 2.45) is 0 Å². The molecule has 0 aromatic heterocycles. The van der Waals surface area contributed by atoms with E-state index in [1.165, 1.54) is 0 Å². The van der Waals surface area contributed by atoms with E-state index in [0.717, 1.165) is 36.1 Å². The maximum absolute atomic E-state index is 5.69. The van der Waals surface area contributed by atoms with Crippen LogP contribution >= 0.6 is 12.6 Å². The minimum absolute atomic E-state index is 0.0334. The van der Waals surface area contributed by atoms with E-state index in [1.807, 2.05) is 0 Å². The summed E-state index contributed by atoms with van der Waals surface area (Å²) in [6.45, 7) is 8.28. The fraction of sp³-hybridized carbons (Fsp3) is 1.00. The zero-order valence-corrected chi connectivity index (χ0v) is 13.9. The van der Waals surface area contributed by atoms with Crippen LogP contribution in [0.4, 0.5) is 0 Å². The smallest absolute Gasteiger partial charge is 0.238 e. The molecule has 0 bridgehead atoms. The van der Waals surface area contributed by atoms with Crippen molar-refractivity contribution in [1.29, 1.82) is 0 Å². The normalized spacial score (nSPS) is 14.2. The van der Waals surface area contributed by atoms with Crippen LogP contribution in [0.2, 0.25) is 0 Å². The third-order valence-electron chi connectivity index (χ3n) is 2.11. The summed E-state index contributed by atoms with van der Waals surface area (Å²) in [7, 11) is 0.846. The Kier molecular flexibility index (Phi) is 9.74. The average Bonchev–Trinajstić information content (AvgIpc) is 2.30. The van der Waals surface area contributed by atoms with Gasteiger partial charge in [-0.05, 0) is 19.3 Å². The van der Waals surface area contributed by atoms with Gasteiger partial charge in [-0.3, -0.25) is 0 Å². The van der Waals surface area contributed by atoms with E-state index in [4.69, 9.17) is 14.2 Å². The molecule has 0 spiro atoms. The maximum Gasteiger partial charge on any atom is 0.238 e. The predicted molar refractivity (Wildman–Crippen MR) is 74.2 cm³/mol. The Morgan fingerprint density at radius 3 is 1.81 bits per heavy atom. The summed E-state index contributed by atoms with van der Waals surface area (Å²) < 4.78 is 17.1. The molecule has 0 amide bonds. The van der Waals surface area contributed by atoms with Gasteiger partial charge in [-0.2, -0.15) is 0 Å². The maximum atomic E-state index is 5.69. The molecule has 0 radical (unpaired) electrons. The average molecular weight is 266 g/mol. The van der Waals surface area contributed by atoms with Gasteiger partial charge in [0, 0.05) is 16.8 Å². The van der Waals surface area contributed by atoms with Crippen LogP contribution in [0.15, 0.2) is 0 Å². The lowest BCUT2D eigenvalue weighted by Gasteiger charge is -2.34. The Hall–Kier alpha value is 0.447. The Morgan fingerprint density at radius 2 is 1.44 bits per heavy atom. The van der Waals surface area contributed by atoms with E-state index >= 15 is 0 Å². The highest BCUT2D eigenvalue weighted by Gasteiger charge is 2.35. The first kappa shape index (κ1) is 16.4. The monoisotopic (exact) mass is 266 g/mol. The Bertz CT molecular complexity index is 161. The van der Waals surface area contributed by atoms with Crippen LogP contribution < -0.4 is 0 Å². The molecule has 0 saturated carbocycles. The molecule has 16 heavy (non-hydrogen) atoms. The second-order valence-electron chi connectivity index (χ2n) is 3.84. The highest BCUT2D eigenvalue weighted by atomic mass is 32.1. The van der Waals surface area contributed by atoms with Crippen molar-refractivity contribution in [2.75, 3.05) is 19.8 Å². The standard InChI is InChI=1S/C11H26O3SSi/c1-4-7-12-10(16)11(15,13-8-5-2)14-9-6-3/h10,15H,4-9H2,1-3,16H3. The van der Waals surface area contributed by atoms with E-state index in [-0.39, 0.29) is 5.73 Å². The Labute approximate surface area is 108 Å². The molecule has 0 saturated heterocycles. The first-order chi connectivity index (χ1) is 7.60. The molecule has 0 aliphatic rings. The number of ether oxygens (including phenoxy) is 3. The van der Waals surface area contributed by atoms with Crippen molar-refractivity contribution < 1.29 is 14.2 Å². The zero-order chi connectivity index (χ0) is 12.4. The number of hydrogen-bond donors (Lipinski definition) is 1. The summed E-state index contributed by atoms with van der Waals surface area (Å²) >= 11 is 4.52. The second kappa shape index (κ2) is 9.47. The third kappa shape index (κ3) is 6.25. The summed E-state index contributed by atoms with van der Waals surface area (Å²) in [4.78, 5) is 0. The molecule has 1 atom stereocenters. The highest BCUT2D eigenvalue weighted by molar-refractivity contribution is 7.81. The quantitative estimate of drug-likeness (QED) is 0.369. The van der Waals surface area contributed by atoms with Crippen molar-refractivity contribution in [3.63, 3.8) is 0 Å². The summed E-state index contributed by atoms with van der Waals surface area (Å²) in [5.41, 5.74) is -0.0334. The van der Waals surface area contributed by atoms with Gasteiger partial charge in [0.1, 0.15) is 5.73 Å². The fourth-order valence-electron chi connectivity index (χ4n) is 1.17. The van der Waals surface area contributed by atoms with Gasteiger partial charge in [-0.1, -0.05) is 20.8 Å². The van der Waals surface area contributed by atoms with Crippen LogP contribution in [0.5, 0.6) is 0 Å². The molecule has 3 nitrogen and oxygen atoms in total. The number of thiol groups is 1. The molecule has 0 heterocycles. The number of rotatable bonds is 10. The molecule has 0 aromatic carbocycles. The minimum Gasteiger partial charge on any atom is -0.376 e. The lowest BCUT2D eigenvalue weighted by Crippen LogP contribution is -2.45. The van der Waals surface area contributed by atoms with Gasteiger partial charge in [-0.15, -0.1) is 12.6 Å². The van der Waals surface area contributed by atoms with Crippen LogP contribution in [0.25, 0.3) is 0 Å². The lowest BCUT2D eigenvalue weighted by atomic mass is 10.5. The van der Waals surface area contributed by atoms with Gasteiger partial charge < -0.3 is 14.2 Å². The van der Waals surface area contributed by atoms with E-state index in [0.29, 0.717) is 13.2 Å². The molecule has 0 N–H and O–H groups in total. The molecule has 0 aromatic rings. The van der Waals surface area contributed by atoms with Gasteiger partial charge >= 0.3 is 0 Å². The van der Waals surface area contributed by atoms with Crippen LogP contribution in [0.3, 0.4) is 0 Å². The molecule has 0 fully saturated rings. The fourth-order valence-corrected chi connectivity index (χ4v) is 2.00. The largest absolute Gasteiger partial charge is 0.376 e. The molecular formula is C11H26O3SSi. The molecule has 0 rings (SSSR count). The van der Waals surface area contributed by atoms with Crippen LogP contribution in [-0.2, 0) is 14.2 Å². The highest BCUT2D eigenvalue weighted by Crippen LogP contribution is 2.24. The van der Waals surface area contributed by atoms with Gasteiger partial charge in [-0.25, -0.2) is 0 Å². The van der Waals surface area contributed by atoms with Gasteiger partial charge in [0.05, 0.1) is 13.2 Å². The van der Waals surface area contributed by atoms with Crippen molar-refractivity contribution in [1.82, 2.24) is 0 Å².